The van der Waals surface area contributed by atoms with Crippen LogP contribution in [0.1, 0.15) is 6.92 Å². The Balaban J connectivity index is 2.66. The van der Waals surface area contributed by atoms with Crippen LogP contribution in [0.15, 0.2) is 0 Å². The molecule has 1 saturated heterocycles. The summed E-state index contributed by atoms with van der Waals surface area (Å²) in [6.45, 7) is 2.00. The molecule has 0 bridgehead atoms. The average Bonchev–Trinajstić information content (AvgIpc) is 2.62. The van der Waals surface area contributed by atoms with E-state index in [0.29, 0.717) is 0 Å². The van der Waals surface area contributed by atoms with Crippen molar-refractivity contribution < 1.29 is 19.4 Å². The third kappa shape index (κ3) is 2.68. The van der Waals surface area contributed by atoms with Gasteiger partial charge in [-0.15, -0.1) is 6.42 Å². The number of carbonyl (C=O) groups excluding carboxylic acids is 1. The highest BCUT2D eigenvalue weighted by Crippen LogP contribution is 2.28. The zero-order valence-electron chi connectivity index (χ0n) is 9.90. The van der Waals surface area contributed by atoms with Gasteiger partial charge in [-0.25, -0.2) is 4.79 Å². The molecule has 1 aliphatic heterocycles. The van der Waals surface area contributed by atoms with Crippen LogP contribution in [0.3, 0.4) is 0 Å². The summed E-state index contributed by atoms with van der Waals surface area (Å²) in [6, 6.07) is -0.946. The number of carboxylic acid groups (broad SMARTS) is 1. The maximum atomic E-state index is 11.7. The number of nitrogens with zero attached hydrogens (tertiary/aromatic N) is 1. The molecule has 1 aliphatic rings. The quantitative estimate of drug-likeness (QED) is 0.667. The number of carboxylic acids is 1. The third-order valence-corrected chi connectivity index (χ3v) is 2.92. The van der Waals surface area contributed by atoms with E-state index < -0.39 is 23.5 Å². The molecule has 0 aromatic heterocycles. The number of carbonyl (C=O) groups is 2. The molecule has 2 amide bonds. The molecule has 94 valence electrons. The number of aliphatic carboxylic acids is 1. The number of hydrogen-bond donors (Lipinski definition) is 2. The summed E-state index contributed by atoms with van der Waals surface area (Å²) < 4.78 is 5.12. The topological polar surface area (TPSA) is 78.9 Å². The van der Waals surface area contributed by atoms with Crippen molar-refractivity contribution in [1.29, 1.82) is 0 Å². The standard InChI is InChI=1S/C11H16N2O4/c1-4-5-13(3)10(16)12-8-6-17-7-11(8,2)9(14)15/h1,8H,5-7H2,2-3H3,(H,12,16)(H,14,15). The molecular weight excluding hydrogens is 224 g/mol. The lowest BCUT2D eigenvalue weighted by Crippen LogP contribution is -2.52. The summed E-state index contributed by atoms with van der Waals surface area (Å²) in [6.07, 6.45) is 5.09. The van der Waals surface area contributed by atoms with Crippen LogP contribution in [-0.4, -0.2) is 54.9 Å². The summed E-state index contributed by atoms with van der Waals surface area (Å²) in [5.74, 6) is 1.35. The second-order valence-electron chi connectivity index (χ2n) is 4.30. The van der Waals surface area contributed by atoms with E-state index in [1.54, 1.807) is 14.0 Å². The highest BCUT2D eigenvalue weighted by atomic mass is 16.5. The van der Waals surface area contributed by atoms with E-state index in [1.165, 1.54) is 4.90 Å². The van der Waals surface area contributed by atoms with Crippen LogP contribution in [0, 0.1) is 17.8 Å². The highest BCUT2D eigenvalue weighted by molar-refractivity contribution is 5.79. The minimum absolute atomic E-state index is 0.0894. The van der Waals surface area contributed by atoms with Crippen molar-refractivity contribution >= 4 is 12.0 Å². The van der Waals surface area contributed by atoms with Crippen molar-refractivity contribution in [2.24, 2.45) is 5.41 Å². The Kier molecular flexibility index (Phi) is 3.97. The van der Waals surface area contributed by atoms with Gasteiger partial charge in [0, 0.05) is 7.05 Å². The zero-order chi connectivity index (χ0) is 13.1. The molecule has 0 spiro atoms. The Bertz CT molecular complexity index is 363. The first-order valence-electron chi connectivity index (χ1n) is 5.18. The maximum absolute atomic E-state index is 11.7. The number of ether oxygens (including phenoxy) is 1. The minimum atomic E-state index is -1.09. The van der Waals surface area contributed by atoms with Gasteiger partial charge in [-0.2, -0.15) is 0 Å². The number of hydrogen-bond acceptors (Lipinski definition) is 3. The van der Waals surface area contributed by atoms with Gasteiger partial charge in [0.2, 0.25) is 0 Å². The fraction of sp³-hybridized carbons (Fsp3) is 0.636. The summed E-state index contributed by atoms with van der Waals surface area (Å²) >= 11 is 0. The van der Waals surface area contributed by atoms with E-state index in [4.69, 9.17) is 16.3 Å². The Hall–Kier alpha value is -1.74. The van der Waals surface area contributed by atoms with Gasteiger partial charge in [-0.3, -0.25) is 4.79 Å². The summed E-state index contributed by atoms with van der Waals surface area (Å²) in [4.78, 5) is 24.1. The van der Waals surface area contributed by atoms with E-state index in [0.717, 1.165) is 0 Å². The average molecular weight is 240 g/mol. The van der Waals surface area contributed by atoms with Gasteiger partial charge in [0.15, 0.2) is 0 Å². The SMILES string of the molecule is C#CCN(C)C(=O)NC1COCC1(C)C(=O)O. The molecule has 0 aliphatic carbocycles. The predicted molar refractivity (Wildman–Crippen MR) is 60.3 cm³/mol. The molecule has 2 atom stereocenters. The van der Waals surface area contributed by atoms with Crippen LogP contribution in [0.2, 0.25) is 0 Å². The van der Waals surface area contributed by atoms with Crippen LogP contribution in [0.5, 0.6) is 0 Å². The first-order valence-corrected chi connectivity index (χ1v) is 5.18. The number of amides is 2. The normalized spacial score (nSPS) is 27.2. The fourth-order valence-corrected chi connectivity index (χ4v) is 1.55. The molecule has 17 heavy (non-hydrogen) atoms. The number of terminal acetylenes is 1. The first-order chi connectivity index (χ1) is 7.91. The molecule has 2 N–H and O–H groups in total. The Morgan fingerprint density at radius 2 is 2.35 bits per heavy atom. The van der Waals surface area contributed by atoms with Gasteiger partial charge in [0.1, 0.15) is 5.41 Å². The Morgan fingerprint density at radius 3 is 2.88 bits per heavy atom. The van der Waals surface area contributed by atoms with Gasteiger partial charge >= 0.3 is 12.0 Å². The van der Waals surface area contributed by atoms with Gasteiger partial charge < -0.3 is 20.1 Å². The second-order valence-corrected chi connectivity index (χ2v) is 4.30. The van der Waals surface area contributed by atoms with Crippen molar-refractivity contribution in [1.82, 2.24) is 10.2 Å². The Labute approximate surface area is 99.9 Å². The molecule has 0 saturated carbocycles. The lowest BCUT2D eigenvalue weighted by Gasteiger charge is -2.27. The van der Waals surface area contributed by atoms with Crippen LogP contribution in [-0.2, 0) is 9.53 Å². The molecule has 0 aromatic rings. The van der Waals surface area contributed by atoms with E-state index in [2.05, 4.69) is 11.2 Å². The molecule has 1 rings (SSSR count). The molecule has 0 radical (unpaired) electrons. The lowest BCUT2D eigenvalue weighted by atomic mass is 9.85. The molecule has 6 heteroatoms. The van der Waals surface area contributed by atoms with Crippen molar-refractivity contribution in [2.45, 2.75) is 13.0 Å². The molecule has 0 aromatic carbocycles. The van der Waals surface area contributed by atoms with E-state index in [9.17, 15) is 9.59 Å². The van der Waals surface area contributed by atoms with Crippen LogP contribution >= 0.6 is 0 Å². The molecule has 6 nitrogen and oxygen atoms in total. The fourth-order valence-electron chi connectivity index (χ4n) is 1.55. The number of nitrogens with one attached hydrogen (secondary N) is 1. The predicted octanol–water partition coefficient (Wildman–Crippen LogP) is -0.249. The molecule has 2 unspecified atom stereocenters. The van der Waals surface area contributed by atoms with Crippen molar-refractivity contribution in [3.05, 3.63) is 0 Å². The van der Waals surface area contributed by atoms with E-state index in [1.807, 2.05) is 0 Å². The van der Waals surface area contributed by atoms with Gasteiger partial charge in [-0.05, 0) is 6.92 Å². The number of rotatable bonds is 3. The zero-order valence-corrected chi connectivity index (χ0v) is 9.90. The van der Waals surface area contributed by atoms with Crippen molar-refractivity contribution in [3.63, 3.8) is 0 Å². The van der Waals surface area contributed by atoms with E-state index >= 15 is 0 Å². The molecule has 1 fully saturated rings. The van der Waals surface area contributed by atoms with Gasteiger partial charge in [-0.1, -0.05) is 5.92 Å². The van der Waals surface area contributed by atoms with Gasteiger partial charge in [0.25, 0.3) is 0 Å². The van der Waals surface area contributed by atoms with Gasteiger partial charge in [0.05, 0.1) is 25.8 Å². The summed E-state index contributed by atoms with van der Waals surface area (Å²) in [5, 5.41) is 11.7. The van der Waals surface area contributed by atoms with E-state index in [-0.39, 0.29) is 19.8 Å². The third-order valence-electron chi connectivity index (χ3n) is 2.92. The van der Waals surface area contributed by atoms with Crippen molar-refractivity contribution in [2.75, 3.05) is 26.8 Å². The lowest BCUT2D eigenvalue weighted by molar-refractivity contribution is -0.148. The first kappa shape index (κ1) is 13.3. The monoisotopic (exact) mass is 240 g/mol. The smallest absolute Gasteiger partial charge is 0.318 e. The van der Waals surface area contributed by atoms with Crippen LogP contribution < -0.4 is 5.32 Å². The number of urea groups is 1. The second kappa shape index (κ2) is 5.06. The van der Waals surface area contributed by atoms with Crippen molar-refractivity contribution in [3.8, 4) is 12.3 Å². The molecule has 1 heterocycles. The summed E-state index contributed by atoms with van der Waals surface area (Å²) in [7, 11) is 1.54. The minimum Gasteiger partial charge on any atom is -0.481 e. The highest BCUT2D eigenvalue weighted by Gasteiger charge is 2.47. The maximum Gasteiger partial charge on any atom is 0.318 e. The summed E-state index contributed by atoms with van der Waals surface area (Å²) in [5.41, 5.74) is -1.09. The Morgan fingerprint density at radius 1 is 1.71 bits per heavy atom. The van der Waals surface area contributed by atoms with Crippen LogP contribution in [0.4, 0.5) is 4.79 Å². The molecular formula is C11H16N2O4. The van der Waals surface area contributed by atoms with Crippen LogP contribution in [0.25, 0.3) is 0 Å². The largest absolute Gasteiger partial charge is 0.481 e.